The first-order chi connectivity index (χ1) is 9.56. The van der Waals surface area contributed by atoms with Crippen LogP contribution in [0.3, 0.4) is 0 Å². The summed E-state index contributed by atoms with van der Waals surface area (Å²) in [6.45, 7) is 0. The first-order valence-corrected chi connectivity index (χ1v) is 6.77. The predicted octanol–water partition coefficient (Wildman–Crippen LogP) is 5.40. The van der Waals surface area contributed by atoms with E-state index in [0.717, 1.165) is 0 Å². The summed E-state index contributed by atoms with van der Waals surface area (Å²) in [5.74, 6) is -0.406. The molecular formula is C14H6Cl3FN2. The molecule has 0 aliphatic heterocycles. The van der Waals surface area contributed by atoms with Crippen LogP contribution in [0.2, 0.25) is 15.2 Å². The smallest absolute Gasteiger partial charge is 0.164 e. The molecule has 6 heteroatoms. The minimum atomic E-state index is -0.577. The van der Waals surface area contributed by atoms with Crippen molar-refractivity contribution in [3.63, 3.8) is 0 Å². The summed E-state index contributed by atoms with van der Waals surface area (Å²) >= 11 is 17.8. The SMILES string of the molecule is Fc1c(Cl)cccc1-c1nc(Cl)c2ccc(Cl)cc2n1. The minimum Gasteiger partial charge on any atom is -0.228 e. The Bertz CT molecular complexity index is 821. The topological polar surface area (TPSA) is 25.8 Å². The molecule has 0 saturated heterocycles. The molecule has 0 atom stereocenters. The Morgan fingerprint density at radius 1 is 0.950 bits per heavy atom. The highest BCUT2D eigenvalue weighted by Gasteiger charge is 2.13. The van der Waals surface area contributed by atoms with E-state index in [2.05, 4.69) is 9.97 Å². The molecule has 3 aromatic rings. The van der Waals surface area contributed by atoms with Gasteiger partial charge in [0.25, 0.3) is 0 Å². The first-order valence-electron chi connectivity index (χ1n) is 5.63. The molecule has 0 N–H and O–H groups in total. The number of fused-ring (bicyclic) bond motifs is 1. The van der Waals surface area contributed by atoms with Crippen molar-refractivity contribution in [2.45, 2.75) is 0 Å². The highest BCUT2D eigenvalue weighted by atomic mass is 35.5. The lowest BCUT2D eigenvalue weighted by atomic mass is 10.2. The lowest BCUT2D eigenvalue weighted by Crippen LogP contribution is -1.94. The van der Waals surface area contributed by atoms with E-state index in [1.54, 1.807) is 30.3 Å². The van der Waals surface area contributed by atoms with E-state index in [4.69, 9.17) is 34.8 Å². The van der Waals surface area contributed by atoms with Gasteiger partial charge in [-0.2, -0.15) is 0 Å². The molecule has 0 aliphatic carbocycles. The van der Waals surface area contributed by atoms with Crippen LogP contribution in [0.1, 0.15) is 0 Å². The summed E-state index contributed by atoms with van der Waals surface area (Å²) in [6, 6.07) is 9.69. The largest absolute Gasteiger partial charge is 0.228 e. The van der Waals surface area contributed by atoms with Gasteiger partial charge in [0.15, 0.2) is 11.6 Å². The average Bonchev–Trinajstić information content (AvgIpc) is 2.41. The summed E-state index contributed by atoms with van der Waals surface area (Å²) in [5, 5.41) is 1.42. The maximum atomic E-state index is 14.0. The van der Waals surface area contributed by atoms with E-state index in [9.17, 15) is 4.39 Å². The Hall–Kier alpha value is -1.42. The second-order valence-corrected chi connectivity index (χ2v) is 5.30. The van der Waals surface area contributed by atoms with Gasteiger partial charge in [-0.1, -0.05) is 40.9 Å². The zero-order valence-electron chi connectivity index (χ0n) is 9.87. The number of halogens is 4. The maximum Gasteiger partial charge on any atom is 0.164 e. The standard InChI is InChI=1S/C14H6Cl3FN2/c15-7-4-5-8-11(6-7)19-14(20-13(8)17)9-2-1-3-10(16)12(9)18/h1-6H. The summed E-state index contributed by atoms with van der Waals surface area (Å²) in [7, 11) is 0. The molecule has 0 saturated carbocycles. The van der Waals surface area contributed by atoms with E-state index >= 15 is 0 Å². The van der Waals surface area contributed by atoms with Crippen LogP contribution in [0.4, 0.5) is 4.39 Å². The van der Waals surface area contributed by atoms with Gasteiger partial charge >= 0.3 is 0 Å². The van der Waals surface area contributed by atoms with Crippen molar-refractivity contribution in [1.82, 2.24) is 9.97 Å². The van der Waals surface area contributed by atoms with E-state index in [1.807, 2.05) is 0 Å². The van der Waals surface area contributed by atoms with Crippen molar-refractivity contribution >= 4 is 45.7 Å². The molecule has 0 bridgehead atoms. The van der Waals surface area contributed by atoms with Crippen LogP contribution >= 0.6 is 34.8 Å². The van der Waals surface area contributed by atoms with Crippen LogP contribution in [0, 0.1) is 5.82 Å². The summed E-state index contributed by atoms with van der Waals surface area (Å²) in [6.07, 6.45) is 0. The van der Waals surface area contributed by atoms with Crippen molar-refractivity contribution in [2.75, 3.05) is 0 Å². The number of hydrogen-bond donors (Lipinski definition) is 0. The predicted molar refractivity (Wildman–Crippen MR) is 80.0 cm³/mol. The summed E-state index contributed by atoms with van der Waals surface area (Å²) in [4.78, 5) is 8.41. The van der Waals surface area contributed by atoms with Crippen molar-refractivity contribution in [3.8, 4) is 11.4 Å². The molecule has 1 aromatic heterocycles. The van der Waals surface area contributed by atoms with Gasteiger partial charge in [0, 0.05) is 10.4 Å². The molecule has 0 spiro atoms. The fourth-order valence-corrected chi connectivity index (χ4v) is 2.44. The third-order valence-electron chi connectivity index (χ3n) is 2.80. The van der Waals surface area contributed by atoms with Crippen molar-refractivity contribution in [1.29, 1.82) is 0 Å². The monoisotopic (exact) mass is 326 g/mol. The van der Waals surface area contributed by atoms with Gasteiger partial charge in [0.2, 0.25) is 0 Å². The highest BCUT2D eigenvalue weighted by Crippen LogP contribution is 2.29. The van der Waals surface area contributed by atoms with Gasteiger partial charge in [0.1, 0.15) is 5.15 Å². The van der Waals surface area contributed by atoms with Gasteiger partial charge in [-0.25, -0.2) is 14.4 Å². The number of aromatic nitrogens is 2. The molecule has 100 valence electrons. The van der Waals surface area contributed by atoms with Crippen molar-refractivity contribution < 1.29 is 4.39 Å². The van der Waals surface area contributed by atoms with Gasteiger partial charge in [0.05, 0.1) is 16.1 Å². The normalized spacial score (nSPS) is 11.0. The number of nitrogens with zero attached hydrogens (tertiary/aromatic N) is 2. The molecule has 20 heavy (non-hydrogen) atoms. The zero-order chi connectivity index (χ0) is 14.3. The fourth-order valence-electron chi connectivity index (χ4n) is 1.86. The average molecular weight is 328 g/mol. The number of benzene rings is 2. The lowest BCUT2D eigenvalue weighted by molar-refractivity contribution is 0.630. The fraction of sp³-hybridized carbons (Fsp3) is 0. The Kier molecular flexibility index (Phi) is 3.50. The third-order valence-corrected chi connectivity index (χ3v) is 3.62. The molecule has 3 rings (SSSR count). The molecular weight excluding hydrogens is 322 g/mol. The number of rotatable bonds is 1. The molecule has 0 amide bonds. The van der Waals surface area contributed by atoms with E-state index in [0.29, 0.717) is 15.9 Å². The van der Waals surface area contributed by atoms with Crippen LogP contribution < -0.4 is 0 Å². The molecule has 0 unspecified atom stereocenters. The second-order valence-electron chi connectivity index (χ2n) is 4.10. The van der Waals surface area contributed by atoms with Crippen LogP contribution in [0.15, 0.2) is 36.4 Å². The Labute approximate surface area is 129 Å². The Balaban J connectivity index is 2.29. The molecule has 1 heterocycles. The zero-order valence-corrected chi connectivity index (χ0v) is 12.1. The maximum absolute atomic E-state index is 14.0. The molecule has 2 nitrogen and oxygen atoms in total. The molecule has 2 aromatic carbocycles. The molecule has 0 radical (unpaired) electrons. The van der Waals surface area contributed by atoms with Gasteiger partial charge < -0.3 is 0 Å². The van der Waals surface area contributed by atoms with Gasteiger partial charge in [-0.3, -0.25) is 0 Å². The van der Waals surface area contributed by atoms with Crippen LogP contribution in [0.5, 0.6) is 0 Å². The minimum absolute atomic E-state index is 0.00779. The first kappa shape index (κ1) is 13.6. The Morgan fingerprint density at radius 3 is 2.55 bits per heavy atom. The Morgan fingerprint density at radius 2 is 1.75 bits per heavy atom. The summed E-state index contributed by atoms with van der Waals surface area (Å²) < 4.78 is 14.0. The molecule has 0 aliphatic rings. The summed E-state index contributed by atoms with van der Waals surface area (Å²) in [5.41, 5.74) is 0.744. The quantitative estimate of drug-likeness (QED) is 0.560. The highest BCUT2D eigenvalue weighted by molar-refractivity contribution is 6.35. The van der Waals surface area contributed by atoms with Gasteiger partial charge in [-0.15, -0.1) is 0 Å². The van der Waals surface area contributed by atoms with E-state index < -0.39 is 5.82 Å². The van der Waals surface area contributed by atoms with Crippen molar-refractivity contribution in [2.24, 2.45) is 0 Å². The van der Waals surface area contributed by atoms with E-state index in [1.165, 1.54) is 6.07 Å². The molecule has 0 fully saturated rings. The van der Waals surface area contributed by atoms with Crippen LogP contribution in [0.25, 0.3) is 22.3 Å². The lowest BCUT2D eigenvalue weighted by Gasteiger charge is -2.06. The van der Waals surface area contributed by atoms with Crippen LogP contribution in [-0.4, -0.2) is 9.97 Å². The van der Waals surface area contributed by atoms with Crippen LogP contribution in [-0.2, 0) is 0 Å². The van der Waals surface area contributed by atoms with Gasteiger partial charge in [-0.05, 0) is 30.3 Å². The van der Waals surface area contributed by atoms with E-state index in [-0.39, 0.29) is 21.6 Å². The third kappa shape index (κ3) is 2.33. The van der Waals surface area contributed by atoms with Crippen molar-refractivity contribution in [3.05, 3.63) is 57.4 Å². The second kappa shape index (κ2) is 5.17. The number of hydrogen-bond acceptors (Lipinski definition) is 2.